The smallest absolute Gasteiger partial charge is 0.368 e. The highest BCUT2D eigenvalue weighted by Gasteiger charge is 2.31. The Kier molecular flexibility index (Phi) is 6.81. The molecule has 1 aliphatic heterocycles. The van der Waals surface area contributed by atoms with Crippen molar-refractivity contribution in [2.45, 2.75) is 19.0 Å². The molecule has 1 saturated carbocycles. The number of nitrogens with one attached hydrogen (secondary N) is 1. The molecule has 1 aromatic rings. The van der Waals surface area contributed by atoms with Gasteiger partial charge in [-0.3, -0.25) is 4.99 Å². The highest BCUT2D eigenvalue weighted by atomic mass is 127. The molecule has 1 saturated heterocycles. The van der Waals surface area contributed by atoms with Crippen molar-refractivity contribution in [1.82, 2.24) is 10.2 Å². The molecular formula is C17H24F3IN4. The van der Waals surface area contributed by atoms with Crippen LogP contribution in [0.4, 0.5) is 18.9 Å². The standard InChI is InChI=1S/C17H23F3N4.HI/c1-21-16(22-12-13-5-6-13)24-9-7-23(8-10-24)15-4-2-3-14(11-15)17(18,19)20;/h2-4,11,13H,5-10,12H2,1H3,(H,21,22);1H. The first kappa shape index (κ1) is 20.1. The van der Waals surface area contributed by atoms with Crippen LogP contribution in [-0.4, -0.2) is 50.6 Å². The lowest BCUT2D eigenvalue weighted by Gasteiger charge is -2.37. The van der Waals surface area contributed by atoms with E-state index in [-0.39, 0.29) is 24.0 Å². The molecule has 2 fully saturated rings. The molecule has 0 radical (unpaired) electrons. The molecule has 4 nitrogen and oxygen atoms in total. The molecule has 0 unspecified atom stereocenters. The lowest BCUT2D eigenvalue weighted by molar-refractivity contribution is -0.137. The molecule has 140 valence electrons. The zero-order chi connectivity index (χ0) is 17.2. The first-order chi connectivity index (χ1) is 11.5. The molecule has 25 heavy (non-hydrogen) atoms. The van der Waals surface area contributed by atoms with E-state index >= 15 is 0 Å². The monoisotopic (exact) mass is 468 g/mol. The Bertz CT molecular complexity index is 594. The second kappa shape index (κ2) is 8.46. The van der Waals surface area contributed by atoms with Crippen LogP contribution >= 0.6 is 24.0 Å². The number of nitrogens with zero attached hydrogens (tertiary/aromatic N) is 3. The third-order valence-electron chi connectivity index (χ3n) is 4.58. The largest absolute Gasteiger partial charge is 0.416 e. The fourth-order valence-corrected chi connectivity index (χ4v) is 2.95. The molecule has 1 N–H and O–H groups in total. The van der Waals surface area contributed by atoms with Gasteiger partial charge >= 0.3 is 6.18 Å². The van der Waals surface area contributed by atoms with Crippen molar-refractivity contribution in [3.05, 3.63) is 29.8 Å². The maximum Gasteiger partial charge on any atom is 0.416 e. The summed E-state index contributed by atoms with van der Waals surface area (Å²) < 4.78 is 38.6. The molecule has 3 rings (SSSR count). The number of benzene rings is 1. The average Bonchev–Trinajstić information content (AvgIpc) is 3.40. The van der Waals surface area contributed by atoms with Gasteiger partial charge in [-0.1, -0.05) is 6.07 Å². The van der Waals surface area contributed by atoms with Gasteiger partial charge in [-0.15, -0.1) is 24.0 Å². The summed E-state index contributed by atoms with van der Waals surface area (Å²) in [6.07, 6.45) is -1.73. The lowest BCUT2D eigenvalue weighted by Crippen LogP contribution is -2.52. The quantitative estimate of drug-likeness (QED) is 0.419. The second-order valence-electron chi connectivity index (χ2n) is 6.39. The van der Waals surface area contributed by atoms with Gasteiger partial charge in [-0.2, -0.15) is 13.2 Å². The molecular weight excluding hydrogens is 444 g/mol. The summed E-state index contributed by atoms with van der Waals surface area (Å²) >= 11 is 0. The van der Waals surface area contributed by atoms with Crippen molar-refractivity contribution in [3.8, 4) is 0 Å². The molecule has 1 heterocycles. The molecule has 8 heteroatoms. The summed E-state index contributed by atoms with van der Waals surface area (Å²) in [4.78, 5) is 8.49. The highest BCUT2D eigenvalue weighted by Crippen LogP contribution is 2.32. The highest BCUT2D eigenvalue weighted by molar-refractivity contribution is 14.0. The van der Waals surface area contributed by atoms with E-state index in [9.17, 15) is 13.2 Å². The number of alkyl halides is 3. The fraction of sp³-hybridized carbons (Fsp3) is 0.588. The topological polar surface area (TPSA) is 30.9 Å². The summed E-state index contributed by atoms with van der Waals surface area (Å²) in [6.45, 7) is 3.83. The van der Waals surface area contributed by atoms with Crippen molar-refractivity contribution in [2.75, 3.05) is 44.7 Å². The maximum atomic E-state index is 12.9. The number of halogens is 4. The van der Waals surface area contributed by atoms with Crippen LogP contribution in [0.15, 0.2) is 29.3 Å². The predicted octanol–water partition coefficient (Wildman–Crippen LogP) is 3.43. The Morgan fingerprint density at radius 3 is 2.44 bits per heavy atom. The van der Waals surface area contributed by atoms with Crippen LogP contribution in [0, 0.1) is 5.92 Å². The van der Waals surface area contributed by atoms with Crippen LogP contribution in [0.25, 0.3) is 0 Å². The minimum absolute atomic E-state index is 0. The van der Waals surface area contributed by atoms with Gasteiger partial charge in [0.2, 0.25) is 0 Å². The van der Waals surface area contributed by atoms with Gasteiger partial charge in [-0.25, -0.2) is 0 Å². The van der Waals surface area contributed by atoms with Crippen molar-refractivity contribution >= 4 is 35.6 Å². The van der Waals surface area contributed by atoms with E-state index in [1.165, 1.54) is 25.0 Å². The van der Waals surface area contributed by atoms with Gasteiger partial charge in [0.1, 0.15) is 0 Å². The third-order valence-corrected chi connectivity index (χ3v) is 4.58. The van der Waals surface area contributed by atoms with Gasteiger partial charge < -0.3 is 15.1 Å². The SMILES string of the molecule is CN=C(NCC1CC1)N1CCN(c2cccc(C(F)(F)F)c2)CC1.I. The Morgan fingerprint density at radius 1 is 1.20 bits per heavy atom. The van der Waals surface area contributed by atoms with Crippen LogP contribution in [0.5, 0.6) is 0 Å². The molecule has 0 aromatic heterocycles. The number of piperazine rings is 1. The van der Waals surface area contributed by atoms with E-state index in [2.05, 4.69) is 15.2 Å². The minimum Gasteiger partial charge on any atom is -0.368 e. The molecule has 0 amide bonds. The molecule has 0 spiro atoms. The van der Waals surface area contributed by atoms with Crippen molar-refractivity contribution in [3.63, 3.8) is 0 Å². The number of guanidine groups is 1. The van der Waals surface area contributed by atoms with E-state index in [1.54, 1.807) is 13.1 Å². The number of anilines is 1. The van der Waals surface area contributed by atoms with E-state index in [0.29, 0.717) is 18.8 Å². The Labute approximate surface area is 163 Å². The molecule has 1 aromatic carbocycles. The summed E-state index contributed by atoms with van der Waals surface area (Å²) in [5.41, 5.74) is 0.0368. The average molecular weight is 468 g/mol. The molecule has 2 aliphatic rings. The lowest BCUT2D eigenvalue weighted by atomic mass is 10.1. The van der Waals surface area contributed by atoms with Crippen molar-refractivity contribution in [1.29, 1.82) is 0 Å². The normalized spacial score (nSPS) is 18.8. The minimum atomic E-state index is -4.30. The Morgan fingerprint density at radius 2 is 1.88 bits per heavy atom. The zero-order valence-corrected chi connectivity index (χ0v) is 16.6. The van der Waals surface area contributed by atoms with E-state index in [4.69, 9.17) is 0 Å². The van der Waals surface area contributed by atoms with Crippen LogP contribution in [0.2, 0.25) is 0 Å². The predicted molar refractivity (Wildman–Crippen MR) is 105 cm³/mol. The maximum absolute atomic E-state index is 12.9. The van der Waals surface area contributed by atoms with Crippen LogP contribution < -0.4 is 10.2 Å². The van der Waals surface area contributed by atoms with E-state index < -0.39 is 11.7 Å². The third kappa shape index (κ3) is 5.39. The first-order valence-electron chi connectivity index (χ1n) is 8.35. The molecule has 0 atom stereocenters. The van der Waals surface area contributed by atoms with E-state index in [0.717, 1.165) is 37.6 Å². The first-order valence-corrected chi connectivity index (χ1v) is 8.35. The number of aliphatic imine (C=N–C) groups is 1. The molecule has 0 bridgehead atoms. The van der Waals surface area contributed by atoms with Gasteiger partial charge in [0, 0.05) is 45.5 Å². The number of rotatable bonds is 3. The van der Waals surface area contributed by atoms with Crippen LogP contribution in [-0.2, 0) is 6.18 Å². The van der Waals surface area contributed by atoms with Crippen LogP contribution in [0.3, 0.4) is 0 Å². The number of hydrogen-bond donors (Lipinski definition) is 1. The van der Waals surface area contributed by atoms with Crippen molar-refractivity contribution in [2.24, 2.45) is 10.9 Å². The van der Waals surface area contributed by atoms with Gasteiger partial charge in [-0.05, 0) is 37.0 Å². The summed E-state index contributed by atoms with van der Waals surface area (Å²) in [7, 11) is 1.77. The summed E-state index contributed by atoms with van der Waals surface area (Å²) in [5.74, 6) is 1.67. The molecule has 1 aliphatic carbocycles. The zero-order valence-electron chi connectivity index (χ0n) is 14.2. The second-order valence-corrected chi connectivity index (χ2v) is 6.39. The fourth-order valence-electron chi connectivity index (χ4n) is 2.95. The summed E-state index contributed by atoms with van der Waals surface area (Å²) in [6, 6.07) is 5.56. The Balaban J connectivity index is 0.00000225. The van der Waals surface area contributed by atoms with Gasteiger partial charge in [0.05, 0.1) is 5.56 Å². The van der Waals surface area contributed by atoms with Crippen LogP contribution in [0.1, 0.15) is 18.4 Å². The van der Waals surface area contributed by atoms with E-state index in [1.807, 2.05) is 4.90 Å². The van der Waals surface area contributed by atoms with Crippen molar-refractivity contribution < 1.29 is 13.2 Å². The summed E-state index contributed by atoms with van der Waals surface area (Å²) in [5, 5.41) is 3.39. The van der Waals surface area contributed by atoms with Gasteiger partial charge in [0.25, 0.3) is 0 Å². The number of hydrogen-bond acceptors (Lipinski definition) is 2. The Hall–Kier alpha value is -1.19. The van der Waals surface area contributed by atoms with Gasteiger partial charge in [0.15, 0.2) is 5.96 Å².